The number of fused-ring (bicyclic) bond motifs is 2. The van der Waals surface area contributed by atoms with Gasteiger partial charge >= 0.3 is 0 Å². The molecule has 5 rings (SSSR count). The van der Waals surface area contributed by atoms with E-state index in [0.29, 0.717) is 41.4 Å². The molecule has 2 aromatic carbocycles. The normalized spacial score (nSPS) is 18.2. The Balaban J connectivity index is 1.43. The second kappa shape index (κ2) is 13.0. The fourth-order valence-corrected chi connectivity index (χ4v) is 6.23. The number of halogens is 2. The van der Waals surface area contributed by atoms with Crippen molar-refractivity contribution < 1.29 is 14.7 Å². The van der Waals surface area contributed by atoms with Crippen LogP contribution < -0.4 is 10.6 Å². The number of benzene rings is 2. The highest BCUT2D eigenvalue weighted by Gasteiger charge is 2.32. The van der Waals surface area contributed by atoms with E-state index < -0.39 is 6.10 Å². The Kier molecular flexibility index (Phi) is 9.42. The van der Waals surface area contributed by atoms with Gasteiger partial charge in [0.15, 0.2) is 5.78 Å². The van der Waals surface area contributed by atoms with Gasteiger partial charge in [-0.25, -0.2) is 0 Å². The van der Waals surface area contributed by atoms with Crippen molar-refractivity contribution >= 4 is 40.6 Å². The maximum atomic E-state index is 13.0. The van der Waals surface area contributed by atoms with Gasteiger partial charge in [-0.3, -0.25) is 24.8 Å². The Labute approximate surface area is 251 Å². The fourth-order valence-electron chi connectivity index (χ4n) is 5.93. The van der Waals surface area contributed by atoms with Gasteiger partial charge in [0.2, 0.25) is 5.91 Å². The van der Waals surface area contributed by atoms with Gasteiger partial charge < -0.3 is 10.4 Å². The molecule has 0 bridgehead atoms. The standard InChI is InChI=1S/C32H36Cl2N4O3/c1-19(22-8-10-26(33)27(34)15-22)14-31(35-17-30(41)21-6-4-3-5-7-21)38-13-12-29-25(18-38)32(36-20(2)39)24-16-23(40)9-11-28(24)37-29/h3-8,10,15,19,23,31,35,40H,9,11-14,16-18H2,1-2H3,(H,36,37,39). The fraction of sp³-hybridized carbons (Fsp3) is 0.406. The number of aromatic nitrogens is 1. The quantitative estimate of drug-likeness (QED) is 0.281. The average Bonchev–Trinajstić information content (AvgIpc) is 2.96. The zero-order valence-electron chi connectivity index (χ0n) is 23.4. The van der Waals surface area contributed by atoms with Crippen LogP contribution in [0.5, 0.6) is 0 Å². The third-order valence-corrected chi connectivity index (χ3v) is 8.89. The molecule has 9 heteroatoms. The van der Waals surface area contributed by atoms with Gasteiger partial charge in [-0.1, -0.05) is 66.5 Å². The Hall–Kier alpha value is -2.81. The van der Waals surface area contributed by atoms with Crippen molar-refractivity contribution in [2.75, 3.05) is 18.4 Å². The summed E-state index contributed by atoms with van der Waals surface area (Å²) >= 11 is 12.5. The number of ketones is 1. The number of rotatable bonds is 9. The maximum absolute atomic E-state index is 13.0. The SMILES string of the molecule is CC(=O)Nc1c2c(nc3c1CN(C(CC(C)c1ccc(Cl)c(Cl)c1)NCC(=O)c1ccccc1)CC3)CCC(O)C2. The number of Topliss-reactive ketones (excluding diaryl/α,β-unsaturated/α-hetero) is 1. The predicted octanol–water partition coefficient (Wildman–Crippen LogP) is 5.55. The number of pyridine rings is 1. The van der Waals surface area contributed by atoms with E-state index in [9.17, 15) is 14.7 Å². The van der Waals surface area contributed by atoms with E-state index in [1.165, 1.54) is 6.92 Å². The summed E-state index contributed by atoms with van der Waals surface area (Å²) in [6.45, 7) is 5.17. The summed E-state index contributed by atoms with van der Waals surface area (Å²) in [5, 5.41) is 18.1. The second-order valence-electron chi connectivity index (χ2n) is 11.1. The van der Waals surface area contributed by atoms with Crippen LogP contribution in [0.15, 0.2) is 48.5 Å². The molecule has 41 heavy (non-hydrogen) atoms. The number of amides is 1. The molecule has 0 radical (unpaired) electrons. The minimum absolute atomic E-state index is 0.0267. The number of carbonyl (C=O) groups excluding carboxylic acids is 2. The minimum Gasteiger partial charge on any atom is -0.393 e. The zero-order chi connectivity index (χ0) is 29.1. The lowest BCUT2D eigenvalue weighted by Gasteiger charge is -2.39. The van der Waals surface area contributed by atoms with E-state index in [2.05, 4.69) is 22.5 Å². The van der Waals surface area contributed by atoms with E-state index in [1.807, 2.05) is 48.5 Å². The molecule has 3 atom stereocenters. The molecule has 7 nitrogen and oxygen atoms in total. The van der Waals surface area contributed by atoms with E-state index in [-0.39, 0.29) is 30.3 Å². The molecule has 1 aliphatic carbocycles. The summed E-state index contributed by atoms with van der Waals surface area (Å²) < 4.78 is 0. The molecule has 1 aromatic heterocycles. The highest BCUT2D eigenvalue weighted by molar-refractivity contribution is 6.42. The predicted molar refractivity (Wildman–Crippen MR) is 163 cm³/mol. The number of aliphatic hydroxyl groups excluding tert-OH is 1. The number of nitrogens with one attached hydrogen (secondary N) is 2. The van der Waals surface area contributed by atoms with Crippen molar-refractivity contribution in [1.29, 1.82) is 0 Å². The molecule has 3 unspecified atom stereocenters. The number of aliphatic hydroxyl groups is 1. The minimum atomic E-state index is -0.444. The van der Waals surface area contributed by atoms with Gasteiger partial charge in [-0.15, -0.1) is 0 Å². The maximum Gasteiger partial charge on any atom is 0.221 e. The highest BCUT2D eigenvalue weighted by Crippen LogP contribution is 2.36. The van der Waals surface area contributed by atoms with Crippen molar-refractivity contribution in [1.82, 2.24) is 15.2 Å². The first-order valence-electron chi connectivity index (χ1n) is 14.2. The smallest absolute Gasteiger partial charge is 0.221 e. The van der Waals surface area contributed by atoms with Crippen LogP contribution in [0.1, 0.15) is 71.0 Å². The number of carbonyl (C=O) groups is 2. The lowest BCUT2D eigenvalue weighted by atomic mass is 9.88. The van der Waals surface area contributed by atoms with Crippen LogP contribution in [0.25, 0.3) is 0 Å². The largest absolute Gasteiger partial charge is 0.393 e. The number of hydrogen-bond acceptors (Lipinski definition) is 6. The van der Waals surface area contributed by atoms with Gasteiger partial charge in [-0.2, -0.15) is 0 Å². The van der Waals surface area contributed by atoms with Crippen molar-refractivity contribution in [2.24, 2.45) is 0 Å². The third-order valence-electron chi connectivity index (χ3n) is 8.15. The van der Waals surface area contributed by atoms with Crippen molar-refractivity contribution in [3.05, 3.63) is 92.2 Å². The van der Waals surface area contributed by atoms with Gasteiger partial charge in [-0.05, 0) is 42.9 Å². The molecule has 2 heterocycles. The van der Waals surface area contributed by atoms with E-state index >= 15 is 0 Å². The number of nitrogens with zero attached hydrogens (tertiary/aromatic N) is 2. The topological polar surface area (TPSA) is 94.6 Å². The first kappa shape index (κ1) is 29.7. The van der Waals surface area contributed by atoms with Gasteiger partial charge in [0, 0.05) is 60.9 Å². The van der Waals surface area contributed by atoms with Gasteiger partial charge in [0.1, 0.15) is 0 Å². The highest BCUT2D eigenvalue weighted by atomic mass is 35.5. The van der Waals surface area contributed by atoms with Crippen LogP contribution in [0.2, 0.25) is 10.0 Å². The Morgan fingerprint density at radius 1 is 1.07 bits per heavy atom. The molecule has 2 aliphatic rings. The van der Waals surface area contributed by atoms with E-state index in [1.54, 1.807) is 0 Å². The zero-order valence-corrected chi connectivity index (χ0v) is 24.9. The molecule has 1 aliphatic heterocycles. The van der Waals surface area contributed by atoms with Crippen LogP contribution >= 0.6 is 23.2 Å². The molecule has 3 aromatic rings. The van der Waals surface area contributed by atoms with Crippen LogP contribution in [0.4, 0.5) is 5.69 Å². The third kappa shape index (κ3) is 6.99. The molecule has 3 N–H and O–H groups in total. The van der Waals surface area contributed by atoms with Crippen LogP contribution in [-0.2, 0) is 30.6 Å². The Morgan fingerprint density at radius 3 is 2.56 bits per heavy atom. The van der Waals surface area contributed by atoms with E-state index in [4.69, 9.17) is 28.2 Å². The summed E-state index contributed by atoms with van der Waals surface area (Å²) in [6, 6.07) is 15.0. The second-order valence-corrected chi connectivity index (χ2v) is 11.9. The molecule has 0 saturated carbocycles. The van der Waals surface area contributed by atoms with Crippen LogP contribution in [-0.4, -0.2) is 52.0 Å². The van der Waals surface area contributed by atoms with Gasteiger partial charge in [0.25, 0.3) is 0 Å². The first-order chi connectivity index (χ1) is 19.7. The molecule has 1 amide bonds. The Morgan fingerprint density at radius 2 is 1.83 bits per heavy atom. The summed E-state index contributed by atoms with van der Waals surface area (Å²) in [5.41, 5.74) is 6.43. The van der Waals surface area contributed by atoms with Crippen LogP contribution in [0, 0.1) is 0 Å². The van der Waals surface area contributed by atoms with Gasteiger partial charge in [0.05, 0.1) is 34.5 Å². The summed E-state index contributed by atoms with van der Waals surface area (Å²) in [6.07, 6.45) is 2.73. The molecular formula is C32H36Cl2N4O3. The van der Waals surface area contributed by atoms with Crippen molar-refractivity contribution in [3.8, 4) is 0 Å². The molecule has 0 saturated heterocycles. The van der Waals surface area contributed by atoms with E-state index in [0.717, 1.165) is 53.2 Å². The molecule has 216 valence electrons. The first-order valence-corrected chi connectivity index (χ1v) is 14.9. The van der Waals surface area contributed by atoms with Crippen LogP contribution in [0.3, 0.4) is 0 Å². The lowest BCUT2D eigenvalue weighted by molar-refractivity contribution is -0.114. The summed E-state index contributed by atoms with van der Waals surface area (Å²) in [5.74, 6) is 0.00938. The van der Waals surface area contributed by atoms with Crippen molar-refractivity contribution in [3.63, 3.8) is 0 Å². The molecular weight excluding hydrogens is 559 g/mol. The monoisotopic (exact) mass is 594 g/mol. The Bertz CT molecular complexity index is 1430. The molecule has 0 fully saturated rings. The van der Waals surface area contributed by atoms with Crippen molar-refractivity contribution in [2.45, 2.75) is 70.7 Å². The number of anilines is 1. The average molecular weight is 596 g/mol. The lowest BCUT2D eigenvalue weighted by Crippen LogP contribution is -2.50. The summed E-state index contributed by atoms with van der Waals surface area (Å²) in [7, 11) is 0. The number of hydrogen-bond donors (Lipinski definition) is 3. The molecule has 0 spiro atoms. The summed E-state index contributed by atoms with van der Waals surface area (Å²) in [4.78, 5) is 32.6. The number of aryl methyl sites for hydroxylation is 1.